The van der Waals surface area contributed by atoms with Gasteiger partial charge in [-0.3, -0.25) is 4.90 Å². The predicted molar refractivity (Wildman–Crippen MR) is 64.2 cm³/mol. The fraction of sp³-hybridized carbons (Fsp3) is 1.00. The third kappa shape index (κ3) is 3.16. The molecule has 2 rings (SSSR count). The molecular formula is C12H25N3. The van der Waals surface area contributed by atoms with E-state index in [2.05, 4.69) is 29.1 Å². The molecule has 1 N–H and O–H groups in total. The van der Waals surface area contributed by atoms with Gasteiger partial charge in [-0.15, -0.1) is 0 Å². The van der Waals surface area contributed by atoms with E-state index in [1.54, 1.807) is 0 Å². The van der Waals surface area contributed by atoms with E-state index in [-0.39, 0.29) is 0 Å². The Morgan fingerprint density at radius 2 is 2.13 bits per heavy atom. The van der Waals surface area contributed by atoms with Crippen molar-refractivity contribution in [2.75, 3.05) is 39.8 Å². The van der Waals surface area contributed by atoms with Crippen molar-refractivity contribution in [1.29, 1.82) is 0 Å². The van der Waals surface area contributed by atoms with Gasteiger partial charge in [0.2, 0.25) is 0 Å². The number of nitrogens with zero attached hydrogens (tertiary/aromatic N) is 2. The molecular weight excluding hydrogens is 186 g/mol. The van der Waals surface area contributed by atoms with E-state index in [4.69, 9.17) is 0 Å². The molecule has 3 heteroatoms. The molecule has 0 amide bonds. The molecule has 0 radical (unpaired) electrons. The van der Waals surface area contributed by atoms with E-state index in [1.165, 1.54) is 52.0 Å². The summed E-state index contributed by atoms with van der Waals surface area (Å²) in [6.45, 7) is 8.55. The molecule has 2 atom stereocenters. The van der Waals surface area contributed by atoms with Crippen LogP contribution in [0.1, 0.15) is 26.2 Å². The molecule has 0 bridgehead atoms. The van der Waals surface area contributed by atoms with Crippen molar-refractivity contribution < 1.29 is 0 Å². The van der Waals surface area contributed by atoms with Gasteiger partial charge in [0.25, 0.3) is 0 Å². The first-order valence-corrected chi connectivity index (χ1v) is 6.41. The SMILES string of the molecule is CC1CN(CC2CCCCN2)CCN1C. The maximum atomic E-state index is 3.64. The van der Waals surface area contributed by atoms with Gasteiger partial charge in [0.1, 0.15) is 0 Å². The van der Waals surface area contributed by atoms with E-state index in [9.17, 15) is 0 Å². The van der Waals surface area contributed by atoms with Crippen molar-refractivity contribution >= 4 is 0 Å². The molecule has 2 saturated heterocycles. The standard InChI is InChI=1S/C12H25N3/c1-11-9-15(8-7-14(11)2)10-12-5-3-4-6-13-12/h11-13H,3-10H2,1-2H3. The minimum atomic E-state index is 0.724. The van der Waals surface area contributed by atoms with E-state index in [1.807, 2.05) is 0 Å². The first-order chi connectivity index (χ1) is 7.25. The van der Waals surface area contributed by atoms with Crippen LogP contribution >= 0.6 is 0 Å². The molecule has 2 aliphatic heterocycles. The van der Waals surface area contributed by atoms with Crippen molar-refractivity contribution in [3.8, 4) is 0 Å². The van der Waals surface area contributed by atoms with E-state index >= 15 is 0 Å². The van der Waals surface area contributed by atoms with Crippen LogP contribution in [-0.2, 0) is 0 Å². The second-order valence-corrected chi connectivity index (χ2v) is 5.24. The fourth-order valence-corrected chi connectivity index (χ4v) is 2.68. The lowest BCUT2D eigenvalue weighted by molar-refractivity contribution is 0.0938. The maximum Gasteiger partial charge on any atom is 0.0195 e. The van der Waals surface area contributed by atoms with Crippen molar-refractivity contribution in [3.05, 3.63) is 0 Å². The first kappa shape index (κ1) is 11.4. The van der Waals surface area contributed by atoms with Gasteiger partial charge in [-0.2, -0.15) is 0 Å². The largest absolute Gasteiger partial charge is 0.313 e. The summed E-state index contributed by atoms with van der Waals surface area (Å²) in [7, 11) is 2.24. The van der Waals surface area contributed by atoms with Crippen molar-refractivity contribution in [2.45, 2.75) is 38.3 Å². The van der Waals surface area contributed by atoms with Gasteiger partial charge in [-0.1, -0.05) is 6.42 Å². The molecule has 0 aromatic heterocycles. The highest BCUT2D eigenvalue weighted by Gasteiger charge is 2.23. The molecule has 0 aromatic rings. The molecule has 0 spiro atoms. The lowest BCUT2D eigenvalue weighted by atomic mass is 10.0. The van der Waals surface area contributed by atoms with Crippen LogP contribution in [0, 0.1) is 0 Å². The van der Waals surface area contributed by atoms with Gasteiger partial charge < -0.3 is 10.2 Å². The van der Waals surface area contributed by atoms with Crippen LogP contribution in [-0.4, -0.2) is 61.7 Å². The van der Waals surface area contributed by atoms with E-state index < -0.39 is 0 Å². The summed E-state index contributed by atoms with van der Waals surface area (Å²) in [5.41, 5.74) is 0. The van der Waals surface area contributed by atoms with Crippen LogP contribution < -0.4 is 5.32 Å². The number of hydrogen-bond donors (Lipinski definition) is 1. The molecule has 2 heterocycles. The fourth-order valence-electron chi connectivity index (χ4n) is 2.68. The molecule has 0 aliphatic carbocycles. The van der Waals surface area contributed by atoms with Gasteiger partial charge in [-0.25, -0.2) is 0 Å². The Hall–Kier alpha value is -0.120. The lowest BCUT2D eigenvalue weighted by Crippen LogP contribution is -2.53. The number of rotatable bonds is 2. The molecule has 2 fully saturated rings. The maximum absolute atomic E-state index is 3.64. The molecule has 0 aromatic carbocycles. The number of hydrogen-bond acceptors (Lipinski definition) is 3. The summed E-state index contributed by atoms with van der Waals surface area (Å²) in [5.74, 6) is 0. The predicted octanol–water partition coefficient (Wildman–Crippen LogP) is 0.764. The Morgan fingerprint density at radius 3 is 2.80 bits per heavy atom. The molecule has 15 heavy (non-hydrogen) atoms. The van der Waals surface area contributed by atoms with Gasteiger partial charge in [0.05, 0.1) is 0 Å². The Kier molecular flexibility index (Phi) is 4.00. The van der Waals surface area contributed by atoms with E-state index in [0.717, 1.165) is 12.1 Å². The summed E-state index contributed by atoms with van der Waals surface area (Å²) >= 11 is 0. The second-order valence-electron chi connectivity index (χ2n) is 5.24. The number of piperidine rings is 1. The Morgan fingerprint density at radius 1 is 1.27 bits per heavy atom. The summed E-state index contributed by atoms with van der Waals surface area (Å²) < 4.78 is 0. The minimum Gasteiger partial charge on any atom is -0.313 e. The van der Waals surface area contributed by atoms with Gasteiger partial charge in [0.15, 0.2) is 0 Å². The zero-order valence-electron chi connectivity index (χ0n) is 10.2. The number of piperazine rings is 1. The zero-order valence-corrected chi connectivity index (χ0v) is 10.2. The van der Waals surface area contributed by atoms with Crippen molar-refractivity contribution in [2.24, 2.45) is 0 Å². The van der Waals surface area contributed by atoms with Crippen LogP contribution in [0.5, 0.6) is 0 Å². The van der Waals surface area contributed by atoms with Crippen molar-refractivity contribution in [3.63, 3.8) is 0 Å². The average Bonchev–Trinajstić information content (AvgIpc) is 2.25. The van der Waals surface area contributed by atoms with Crippen LogP contribution in [0.3, 0.4) is 0 Å². The molecule has 88 valence electrons. The number of likely N-dealkylation sites (N-methyl/N-ethyl adjacent to an activating group) is 1. The monoisotopic (exact) mass is 211 g/mol. The Balaban J connectivity index is 1.74. The second kappa shape index (κ2) is 5.28. The molecule has 0 saturated carbocycles. The molecule has 3 nitrogen and oxygen atoms in total. The summed E-state index contributed by atoms with van der Waals surface area (Å²) in [4.78, 5) is 5.10. The van der Waals surface area contributed by atoms with Crippen LogP contribution in [0.25, 0.3) is 0 Å². The Labute approximate surface area is 93.8 Å². The topological polar surface area (TPSA) is 18.5 Å². The third-order valence-electron chi connectivity index (χ3n) is 3.93. The average molecular weight is 211 g/mol. The molecule has 2 unspecified atom stereocenters. The molecule has 2 aliphatic rings. The van der Waals surface area contributed by atoms with Gasteiger partial charge >= 0.3 is 0 Å². The summed E-state index contributed by atoms with van der Waals surface area (Å²) in [5, 5.41) is 3.64. The van der Waals surface area contributed by atoms with Gasteiger partial charge in [-0.05, 0) is 33.4 Å². The van der Waals surface area contributed by atoms with E-state index in [0.29, 0.717) is 0 Å². The highest BCUT2D eigenvalue weighted by atomic mass is 15.3. The lowest BCUT2D eigenvalue weighted by Gasteiger charge is -2.39. The smallest absolute Gasteiger partial charge is 0.0195 e. The van der Waals surface area contributed by atoms with Crippen LogP contribution in [0.4, 0.5) is 0 Å². The highest BCUT2D eigenvalue weighted by molar-refractivity contribution is 4.82. The van der Waals surface area contributed by atoms with Crippen LogP contribution in [0.15, 0.2) is 0 Å². The first-order valence-electron chi connectivity index (χ1n) is 6.41. The summed E-state index contributed by atoms with van der Waals surface area (Å²) in [6.07, 6.45) is 4.16. The quantitative estimate of drug-likeness (QED) is 0.728. The van der Waals surface area contributed by atoms with Crippen LogP contribution in [0.2, 0.25) is 0 Å². The van der Waals surface area contributed by atoms with Crippen molar-refractivity contribution in [1.82, 2.24) is 15.1 Å². The third-order valence-corrected chi connectivity index (χ3v) is 3.93. The zero-order chi connectivity index (χ0) is 10.7. The number of nitrogens with one attached hydrogen (secondary N) is 1. The highest BCUT2D eigenvalue weighted by Crippen LogP contribution is 2.12. The minimum absolute atomic E-state index is 0.724. The van der Waals surface area contributed by atoms with Gasteiger partial charge in [0, 0.05) is 38.3 Å². The summed E-state index contributed by atoms with van der Waals surface area (Å²) in [6, 6.07) is 1.48. The normalized spacial score (nSPS) is 35.6. The Bertz CT molecular complexity index is 189.